The Hall–Kier alpha value is -1.07. The summed E-state index contributed by atoms with van der Waals surface area (Å²) < 4.78 is 47.2. The average molecular weight is 784 g/mol. The van der Waals surface area contributed by atoms with E-state index in [0.29, 0.717) is 6.54 Å². The van der Waals surface area contributed by atoms with Gasteiger partial charge in [0.05, 0.1) is 0 Å². The van der Waals surface area contributed by atoms with E-state index in [9.17, 15) is 0 Å². The number of ether oxygens (including phenoxy) is 1. The Bertz CT molecular complexity index is 1410. The van der Waals surface area contributed by atoms with E-state index in [0.717, 1.165) is 50.3 Å². The molecule has 0 N–H and O–H groups in total. The van der Waals surface area contributed by atoms with Gasteiger partial charge in [-0.1, -0.05) is 77.9 Å². The SMILES string of the molecule is C[C@H]1CC=C(C2=[C-]CCCC2)[N-]C1.[2H]C([2H])([2H])C1=NC2OC3=C([C@H]4CC5=C(C[N-]4)[C@H](C)[C@H](C([2H])([2H])C(C)(C)C)S5)CCCC3C2C=C1.[Ir+3]. The van der Waals surface area contributed by atoms with Crippen molar-refractivity contribution in [1.82, 2.24) is 0 Å². The molecule has 4 nitrogen and oxygen atoms in total. The molecular weight excluding hydrogens is 727 g/mol. The molecule has 43 heavy (non-hydrogen) atoms. The van der Waals surface area contributed by atoms with E-state index in [-0.39, 0.29) is 54.9 Å². The molecule has 2 aliphatic carbocycles. The monoisotopic (exact) mass is 784 g/mol. The molecule has 6 heteroatoms. The number of fused-ring (bicyclic) bond motifs is 3. The smallest absolute Gasteiger partial charge is 0.769 e. The summed E-state index contributed by atoms with van der Waals surface area (Å²) >= 11 is 1.74. The Morgan fingerprint density at radius 3 is 2.77 bits per heavy atom. The van der Waals surface area contributed by atoms with Gasteiger partial charge in [-0.2, -0.15) is 6.08 Å². The van der Waals surface area contributed by atoms with Crippen LogP contribution in [0.2, 0.25) is 0 Å². The van der Waals surface area contributed by atoms with E-state index < -0.39 is 24.9 Å². The molecule has 7 aliphatic rings. The van der Waals surface area contributed by atoms with Crippen LogP contribution in [0.15, 0.2) is 56.3 Å². The third kappa shape index (κ3) is 7.67. The molecule has 0 amide bonds. The fourth-order valence-corrected chi connectivity index (χ4v) is 9.08. The first-order valence-electron chi connectivity index (χ1n) is 18.8. The minimum Gasteiger partial charge on any atom is -0.769 e. The Labute approximate surface area is 286 Å². The molecule has 1 fully saturated rings. The van der Waals surface area contributed by atoms with Gasteiger partial charge in [0.2, 0.25) is 0 Å². The molecule has 0 spiro atoms. The van der Waals surface area contributed by atoms with Gasteiger partial charge in [0.25, 0.3) is 0 Å². The summed E-state index contributed by atoms with van der Waals surface area (Å²) in [6.07, 6.45) is 17.7. The summed E-state index contributed by atoms with van der Waals surface area (Å²) in [4.78, 5) is 5.79. The van der Waals surface area contributed by atoms with E-state index in [1.807, 2.05) is 26.8 Å². The van der Waals surface area contributed by atoms with Gasteiger partial charge < -0.3 is 21.1 Å². The second-order valence-corrected chi connectivity index (χ2v) is 15.4. The maximum Gasteiger partial charge on any atom is 3.00 e. The Morgan fingerprint density at radius 2 is 2.05 bits per heavy atom. The van der Waals surface area contributed by atoms with Gasteiger partial charge in [-0.3, -0.25) is 6.08 Å². The first-order valence-corrected chi connectivity index (χ1v) is 17.2. The van der Waals surface area contributed by atoms with Crippen molar-refractivity contribution in [1.29, 1.82) is 0 Å². The van der Waals surface area contributed by atoms with Crippen LogP contribution in [0.1, 0.15) is 112 Å². The van der Waals surface area contributed by atoms with E-state index in [1.165, 1.54) is 53.0 Å². The molecule has 7 atom stereocenters. The fraction of sp³-hybridized carbons (Fsp3) is 0.703. The quantitative estimate of drug-likeness (QED) is 0.268. The molecule has 7 rings (SSSR count). The summed E-state index contributed by atoms with van der Waals surface area (Å²) in [5.41, 5.74) is 4.90. The number of hydrogen-bond donors (Lipinski definition) is 0. The van der Waals surface area contributed by atoms with Crippen molar-refractivity contribution in [3.05, 3.63) is 68.0 Å². The molecule has 0 saturated carbocycles. The molecular formula is C37H52IrN3OS. The third-order valence-electron chi connectivity index (χ3n) is 9.66. The molecule has 5 heterocycles. The van der Waals surface area contributed by atoms with E-state index in [1.54, 1.807) is 17.8 Å². The van der Waals surface area contributed by atoms with Gasteiger partial charge in [0.15, 0.2) is 6.23 Å². The van der Waals surface area contributed by atoms with Crippen LogP contribution in [0.3, 0.4) is 0 Å². The number of dihydropyridines is 1. The predicted molar refractivity (Wildman–Crippen MR) is 179 cm³/mol. The van der Waals surface area contributed by atoms with Crippen molar-refractivity contribution < 1.29 is 31.7 Å². The van der Waals surface area contributed by atoms with Crippen LogP contribution in [-0.2, 0) is 24.8 Å². The molecule has 0 aromatic heterocycles. The van der Waals surface area contributed by atoms with Crippen molar-refractivity contribution in [2.24, 2.45) is 34.1 Å². The van der Waals surface area contributed by atoms with E-state index in [4.69, 9.17) is 16.9 Å². The van der Waals surface area contributed by atoms with Crippen molar-refractivity contribution in [3.63, 3.8) is 0 Å². The number of allylic oxidation sites excluding steroid dienone is 5. The van der Waals surface area contributed by atoms with Gasteiger partial charge in [-0.25, -0.2) is 10.6 Å². The summed E-state index contributed by atoms with van der Waals surface area (Å²) in [5, 5.41) is 9.59. The van der Waals surface area contributed by atoms with Crippen molar-refractivity contribution in [2.75, 3.05) is 13.1 Å². The summed E-state index contributed by atoms with van der Waals surface area (Å²) in [6, 6.07) is 0.0608. The molecule has 1 saturated heterocycles. The van der Waals surface area contributed by atoms with Crippen molar-refractivity contribution in [3.8, 4) is 0 Å². The van der Waals surface area contributed by atoms with Crippen LogP contribution in [0.5, 0.6) is 0 Å². The van der Waals surface area contributed by atoms with Gasteiger partial charge >= 0.3 is 20.1 Å². The van der Waals surface area contributed by atoms with Crippen LogP contribution in [-0.4, -0.2) is 36.3 Å². The van der Waals surface area contributed by atoms with E-state index in [2.05, 4.69) is 36.3 Å². The standard InChI is InChI=1S/C25H35N2OS.C12H17N.Ir/c1-14-9-10-17-16-7-6-8-18(23(16)28-24(17)27-14)20-11-21-19(13-26-20)15(2)22(29-21)12-25(3,4)5;1-10-7-8-12(13-9-10)11-5-3-2-4-6-11;/h9-10,15-17,20,22,24H,6-8,11-13H2,1-5H3;8,10H,2-5,7,9H2,1H3;/q-1;-2;+3/t15-,16?,17?,20+,22-,24?;10-;/m00./s1/i1D3,12D2;;. The normalized spacial score (nSPS) is 37.5. The zero-order valence-corrected chi connectivity index (χ0v) is 29.8. The Kier molecular flexibility index (Phi) is 8.91. The summed E-state index contributed by atoms with van der Waals surface area (Å²) in [7, 11) is 0. The first kappa shape index (κ1) is 27.1. The third-order valence-corrected chi connectivity index (χ3v) is 11.1. The number of nitrogens with zero attached hydrogens (tertiary/aromatic N) is 3. The van der Waals surface area contributed by atoms with Crippen LogP contribution >= 0.6 is 11.8 Å². The fourth-order valence-electron chi connectivity index (χ4n) is 7.34. The molecule has 0 radical (unpaired) electrons. The zero-order valence-electron chi connectivity index (χ0n) is 31.5. The molecule has 5 aliphatic heterocycles. The second-order valence-electron chi connectivity index (χ2n) is 14.2. The number of aliphatic imine (C=N–C) groups is 1. The minimum atomic E-state index is -2.22. The molecule has 3 unspecified atom stereocenters. The number of thioether (sulfide) groups is 1. The Balaban J connectivity index is 0.000000270. The van der Waals surface area contributed by atoms with Crippen LogP contribution < -0.4 is 0 Å². The second kappa shape index (κ2) is 14.1. The van der Waals surface area contributed by atoms with Crippen molar-refractivity contribution >= 4 is 17.5 Å². The van der Waals surface area contributed by atoms with Gasteiger partial charge in [0.1, 0.15) is 5.76 Å². The Morgan fingerprint density at radius 1 is 1.19 bits per heavy atom. The predicted octanol–water partition coefficient (Wildman–Crippen LogP) is 10.2. The average Bonchev–Trinajstić information content (AvgIpc) is 3.58. The number of hydrogen-bond acceptors (Lipinski definition) is 3. The first-order chi connectivity index (χ1) is 22.1. The van der Waals surface area contributed by atoms with Gasteiger partial charge in [0, 0.05) is 29.7 Å². The van der Waals surface area contributed by atoms with Crippen LogP contribution in [0, 0.1) is 35.2 Å². The molecule has 236 valence electrons. The summed E-state index contributed by atoms with van der Waals surface area (Å²) in [5.74, 6) is 2.26. The molecule has 0 bridgehead atoms. The summed E-state index contributed by atoms with van der Waals surface area (Å²) in [6.45, 7) is 9.85. The van der Waals surface area contributed by atoms with Crippen LogP contribution in [0.25, 0.3) is 10.6 Å². The van der Waals surface area contributed by atoms with Crippen molar-refractivity contribution in [2.45, 2.75) is 123 Å². The number of rotatable bonds is 3. The zero-order chi connectivity index (χ0) is 33.7. The topological polar surface area (TPSA) is 49.8 Å². The van der Waals surface area contributed by atoms with E-state index >= 15 is 0 Å². The van der Waals surface area contributed by atoms with Gasteiger partial charge in [-0.15, -0.1) is 37.3 Å². The maximum atomic E-state index is 8.85. The minimum absolute atomic E-state index is 0. The van der Waals surface area contributed by atoms with Gasteiger partial charge in [-0.05, 0) is 66.8 Å². The molecule has 0 aromatic carbocycles. The largest absolute Gasteiger partial charge is 3.00 e. The molecule has 0 aromatic rings. The maximum absolute atomic E-state index is 8.85. The van der Waals surface area contributed by atoms with Crippen LogP contribution in [0.4, 0.5) is 0 Å².